The van der Waals surface area contributed by atoms with E-state index in [0.29, 0.717) is 17.9 Å². The second kappa shape index (κ2) is 8.10. The molecule has 26 heavy (non-hydrogen) atoms. The van der Waals surface area contributed by atoms with Crippen molar-refractivity contribution < 1.29 is 27.4 Å². The molecule has 0 spiro atoms. The highest BCUT2D eigenvalue weighted by molar-refractivity contribution is 8.04. The molecule has 0 aromatic heterocycles. The van der Waals surface area contributed by atoms with Crippen molar-refractivity contribution in [3.8, 4) is 5.75 Å². The molecule has 0 radical (unpaired) electrons. The van der Waals surface area contributed by atoms with Crippen LogP contribution >= 0.6 is 23.4 Å². The lowest BCUT2D eigenvalue weighted by Crippen LogP contribution is -2.38. The highest BCUT2D eigenvalue weighted by atomic mass is 35.5. The maximum absolute atomic E-state index is 12.7. The van der Waals surface area contributed by atoms with Crippen LogP contribution in [0.2, 0.25) is 5.02 Å². The Morgan fingerprint density at radius 1 is 1.46 bits per heavy atom. The summed E-state index contributed by atoms with van der Waals surface area (Å²) in [5.41, 5.74) is -0.839. The molecule has 1 aromatic carbocycles. The Balaban J connectivity index is 2.07. The minimum absolute atomic E-state index is 0.129. The number of ether oxygens (including phenoxy) is 2. The van der Waals surface area contributed by atoms with Crippen LogP contribution in [0.5, 0.6) is 5.75 Å². The first-order chi connectivity index (χ1) is 12.1. The molecular formula is C17H19ClF3NO3S. The molecule has 1 aliphatic rings. The molecule has 0 saturated carbocycles. The number of rotatable bonds is 6. The van der Waals surface area contributed by atoms with E-state index in [0.717, 1.165) is 12.1 Å². The van der Waals surface area contributed by atoms with Crippen LogP contribution in [0, 0.1) is 0 Å². The van der Waals surface area contributed by atoms with Gasteiger partial charge in [-0.25, -0.2) is 0 Å². The Bertz CT molecular complexity index is 711. The maximum atomic E-state index is 12.7. The van der Waals surface area contributed by atoms with Gasteiger partial charge < -0.3 is 14.8 Å². The van der Waals surface area contributed by atoms with Crippen LogP contribution in [0.1, 0.15) is 32.3 Å². The molecule has 1 heterocycles. The summed E-state index contributed by atoms with van der Waals surface area (Å²) in [4.78, 5) is 11.0. The molecule has 2 rings (SSSR count). The van der Waals surface area contributed by atoms with Crippen molar-refractivity contribution in [2.45, 2.75) is 43.9 Å². The zero-order valence-electron chi connectivity index (χ0n) is 14.4. The van der Waals surface area contributed by atoms with E-state index in [1.54, 1.807) is 13.0 Å². The van der Waals surface area contributed by atoms with Crippen LogP contribution in [0.15, 0.2) is 29.4 Å². The van der Waals surface area contributed by atoms with E-state index in [1.807, 2.05) is 6.92 Å². The predicted octanol–water partition coefficient (Wildman–Crippen LogP) is 4.97. The van der Waals surface area contributed by atoms with Gasteiger partial charge in [0.2, 0.25) is 5.91 Å². The fourth-order valence-electron chi connectivity index (χ4n) is 2.39. The molecule has 0 bridgehead atoms. The first-order valence-corrected chi connectivity index (χ1v) is 9.13. The quantitative estimate of drug-likeness (QED) is 0.720. The fraction of sp³-hybridized carbons (Fsp3) is 0.471. The van der Waals surface area contributed by atoms with E-state index in [-0.39, 0.29) is 16.7 Å². The molecule has 2 atom stereocenters. The number of benzene rings is 1. The van der Waals surface area contributed by atoms with Gasteiger partial charge in [0.25, 0.3) is 0 Å². The first-order valence-electron chi connectivity index (χ1n) is 7.93. The van der Waals surface area contributed by atoms with Gasteiger partial charge >= 0.3 is 6.18 Å². The Morgan fingerprint density at radius 2 is 2.15 bits per heavy atom. The summed E-state index contributed by atoms with van der Waals surface area (Å²) >= 11 is 7.20. The Labute approximate surface area is 159 Å². The monoisotopic (exact) mass is 409 g/mol. The van der Waals surface area contributed by atoms with Crippen LogP contribution in [0.4, 0.5) is 13.2 Å². The van der Waals surface area contributed by atoms with Crippen molar-refractivity contribution in [1.29, 1.82) is 0 Å². The summed E-state index contributed by atoms with van der Waals surface area (Å²) in [7, 11) is 1.53. The minimum atomic E-state index is -4.47. The smallest absolute Gasteiger partial charge is 0.416 e. The van der Waals surface area contributed by atoms with Gasteiger partial charge in [0.15, 0.2) is 5.09 Å². The number of carbonyl (C=O) groups excluding carboxylic acids is 1. The second-order valence-corrected chi connectivity index (χ2v) is 7.47. The number of alkyl halides is 3. The summed E-state index contributed by atoms with van der Waals surface area (Å²) in [6.07, 6.45) is -2.22. The molecule has 0 aliphatic carbocycles. The van der Waals surface area contributed by atoms with Gasteiger partial charge in [-0.1, -0.05) is 30.3 Å². The second-order valence-electron chi connectivity index (χ2n) is 5.71. The molecule has 2 unspecified atom stereocenters. The molecule has 0 fully saturated rings. The number of thioether (sulfide) groups is 1. The van der Waals surface area contributed by atoms with Gasteiger partial charge in [-0.05, 0) is 37.6 Å². The Hall–Kier alpha value is -1.38. The number of carbonyl (C=O) groups is 1. The molecule has 1 aromatic rings. The molecule has 4 nitrogen and oxygen atoms in total. The van der Waals surface area contributed by atoms with Crippen LogP contribution < -0.4 is 10.1 Å². The Morgan fingerprint density at radius 3 is 2.69 bits per heavy atom. The van der Waals surface area contributed by atoms with Crippen molar-refractivity contribution in [1.82, 2.24) is 5.32 Å². The van der Waals surface area contributed by atoms with Crippen LogP contribution in [0.3, 0.4) is 0 Å². The number of nitrogens with one attached hydrogen (secondary N) is 1. The normalized spacial score (nSPS) is 21.3. The molecule has 1 amide bonds. The van der Waals surface area contributed by atoms with E-state index in [9.17, 15) is 18.0 Å². The largest absolute Gasteiger partial charge is 0.449 e. The molecule has 1 aliphatic heterocycles. The van der Waals surface area contributed by atoms with Crippen molar-refractivity contribution in [3.05, 3.63) is 40.0 Å². The van der Waals surface area contributed by atoms with Gasteiger partial charge in [0.1, 0.15) is 16.8 Å². The van der Waals surface area contributed by atoms with E-state index in [2.05, 4.69) is 5.32 Å². The number of halogens is 4. The van der Waals surface area contributed by atoms with Crippen LogP contribution in [-0.4, -0.2) is 24.0 Å². The van der Waals surface area contributed by atoms with Gasteiger partial charge in [0.05, 0.1) is 10.6 Å². The van der Waals surface area contributed by atoms with Crippen molar-refractivity contribution >= 4 is 29.3 Å². The van der Waals surface area contributed by atoms with Gasteiger partial charge in [-0.15, -0.1) is 0 Å². The third kappa shape index (κ3) is 4.86. The van der Waals surface area contributed by atoms with Gasteiger partial charge in [-0.2, -0.15) is 13.2 Å². The van der Waals surface area contributed by atoms with E-state index in [4.69, 9.17) is 21.1 Å². The van der Waals surface area contributed by atoms with Crippen molar-refractivity contribution in [2.24, 2.45) is 0 Å². The topological polar surface area (TPSA) is 47.6 Å². The molecular weight excluding hydrogens is 391 g/mol. The van der Waals surface area contributed by atoms with Gasteiger partial charge in [-0.3, -0.25) is 4.79 Å². The average Bonchev–Trinajstić information content (AvgIpc) is 2.98. The molecule has 144 valence electrons. The third-order valence-corrected chi connectivity index (χ3v) is 5.55. The zero-order valence-corrected chi connectivity index (χ0v) is 16.0. The summed E-state index contributed by atoms with van der Waals surface area (Å²) < 4.78 is 49.7. The average molecular weight is 410 g/mol. The zero-order chi connectivity index (χ0) is 19.5. The SMILES string of the molecule is CCC1(OC(C)C(=O)NC)CC=C(Oc2ccc(C(F)(F)F)cc2Cl)S1. The summed E-state index contributed by atoms with van der Waals surface area (Å²) in [6.45, 7) is 3.58. The lowest BCUT2D eigenvalue weighted by Gasteiger charge is -2.30. The first kappa shape index (κ1) is 20.9. The maximum Gasteiger partial charge on any atom is 0.416 e. The van der Waals surface area contributed by atoms with Gasteiger partial charge in [0, 0.05) is 13.5 Å². The third-order valence-electron chi connectivity index (χ3n) is 3.88. The number of likely N-dealkylation sites (N-methyl/N-ethyl adjacent to an activating group) is 1. The summed E-state index contributed by atoms with van der Waals surface area (Å²) in [6, 6.07) is 2.93. The van der Waals surface area contributed by atoms with E-state index in [1.165, 1.54) is 24.9 Å². The number of amides is 1. The standard InChI is InChI=1S/C17H19ClF3NO3S/c1-4-16(25-10(2)15(23)22-3)8-7-14(26-16)24-13-6-5-11(9-12(13)18)17(19,20)21/h5-7,9-10H,4,8H2,1-3H3,(H,22,23). The number of hydrogen-bond acceptors (Lipinski definition) is 4. The highest BCUT2D eigenvalue weighted by Gasteiger charge is 2.39. The summed E-state index contributed by atoms with van der Waals surface area (Å²) in [5, 5.41) is 2.87. The van der Waals surface area contributed by atoms with E-state index >= 15 is 0 Å². The van der Waals surface area contributed by atoms with Crippen molar-refractivity contribution in [2.75, 3.05) is 7.05 Å². The Kier molecular flexibility index (Phi) is 6.52. The van der Waals surface area contributed by atoms with Crippen molar-refractivity contribution in [3.63, 3.8) is 0 Å². The fourth-order valence-corrected chi connectivity index (χ4v) is 3.77. The van der Waals surface area contributed by atoms with Crippen LogP contribution in [0.25, 0.3) is 0 Å². The molecule has 0 saturated heterocycles. The van der Waals surface area contributed by atoms with E-state index < -0.39 is 22.8 Å². The summed E-state index contributed by atoms with van der Waals surface area (Å²) in [5.74, 6) is -0.108. The lowest BCUT2D eigenvalue weighted by atomic mass is 10.2. The highest BCUT2D eigenvalue weighted by Crippen LogP contribution is 2.47. The number of hydrogen-bond donors (Lipinski definition) is 1. The predicted molar refractivity (Wildman–Crippen MR) is 95.0 cm³/mol. The molecule has 1 N–H and O–H groups in total. The molecule has 9 heteroatoms. The lowest BCUT2D eigenvalue weighted by molar-refractivity contribution is -0.137. The minimum Gasteiger partial charge on any atom is -0.449 e. The van der Waals surface area contributed by atoms with Crippen LogP contribution in [-0.2, 0) is 15.7 Å².